The Kier molecular flexibility index (Phi) is 5.22. The lowest BCUT2D eigenvalue weighted by Gasteiger charge is -2.25. The van der Waals surface area contributed by atoms with Gasteiger partial charge >= 0.3 is 6.18 Å². The van der Waals surface area contributed by atoms with Crippen molar-refractivity contribution >= 4 is 17.3 Å². The van der Waals surface area contributed by atoms with E-state index in [2.05, 4.69) is 16.7 Å². The zero-order valence-electron chi connectivity index (χ0n) is 15.2. The van der Waals surface area contributed by atoms with Crippen molar-refractivity contribution in [3.05, 3.63) is 23.8 Å². The molecule has 1 saturated carbocycles. The number of nitrogens with one attached hydrogen (secondary N) is 2. The van der Waals surface area contributed by atoms with Gasteiger partial charge in [-0.05, 0) is 56.7 Å². The van der Waals surface area contributed by atoms with E-state index in [9.17, 15) is 23.2 Å². The minimum absolute atomic E-state index is 0.139. The zero-order valence-corrected chi connectivity index (χ0v) is 15.2. The summed E-state index contributed by atoms with van der Waals surface area (Å²) in [7, 11) is 0. The second-order valence-corrected chi connectivity index (χ2v) is 7.41. The van der Waals surface area contributed by atoms with Gasteiger partial charge in [-0.3, -0.25) is 4.79 Å². The highest BCUT2D eigenvalue weighted by molar-refractivity contribution is 5.84. The van der Waals surface area contributed by atoms with Gasteiger partial charge in [0.2, 0.25) is 5.91 Å². The smallest absolute Gasteiger partial charge is 0.374 e. The predicted octanol–water partition coefficient (Wildman–Crippen LogP) is 3.53. The molecule has 8 heteroatoms. The first-order valence-corrected chi connectivity index (χ1v) is 9.15. The highest BCUT2D eigenvalue weighted by Crippen LogP contribution is 2.39. The molecule has 27 heavy (non-hydrogen) atoms. The molecule has 0 aromatic heterocycles. The van der Waals surface area contributed by atoms with E-state index in [-0.39, 0.29) is 18.2 Å². The Hall–Kier alpha value is -2.43. The van der Waals surface area contributed by atoms with Gasteiger partial charge in [-0.1, -0.05) is 0 Å². The number of nitrogens with zero attached hydrogens (tertiary/aromatic N) is 2. The largest absolute Gasteiger partial charge is 0.416 e. The number of hydrogen-bond acceptors (Lipinski definition) is 4. The summed E-state index contributed by atoms with van der Waals surface area (Å²) < 4.78 is 39.2. The molecule has 5 nitrogen and oxygen atoms in total. The highest BCUT2D eigenvalue weighted by Gasteiger charge is 2.43. The molecule has 1 aromatic carbocycles. The van der Waals surface area contributed by atoms with E-state index in [0.29, 0.717) is 5.69 Å². The maximum Gasteiger partial charge on any atom is 0.416 e. The fourth-order valence-electron chi connectivity index (χ4n) is 3.48. The first-order valence-electron chi connectivity index (χ1n) is 9.15. The van der Waals surface area contributed by atoms with Crippen LogP contribution in [0.15, 0.2) is 18.2 Å². The SMILES string of the molecule is CC(C#N)(NC(=O)CNc1cc(C(F)(F)F)ccc1N1CCCC1)C1CC1. The molecular formula is C19H23F3N4O. The Morgan fingerprint density at radius 2 is 1.96 bits per heavy atom. The van der Waals surface area contributed by atoms with Gasteiger partial charge in [0.05, 0.1) is 29.6 Å². The summed E-state index contributed by atoms with van der Waals surface area (Å²) in [5.74, 6) is -0.268. The molecule has 146 valence electrons. The molecule has 3 rings (SSSR count). The molecular weight excluding hydrogens is 357 g/mol. The fraction of sp³-hybridized carbons (Fsp3) is 0.579. The standard InChI is InChI=1S/C19H23F3N4O/c1-18(12-23,13-4-5-13)25-17(27)11-24-15-10-14(19(20,21)22)6-7-16(15)26-8-2-3-9-26/h6-7,10,13,24H,2-5,8-9,11H2,1H3,(H,25,27). The van der Waals surface area contributed by atoms with Crippen LogP contribution in [0.3, 0.4) is 0 Å². The van der Waals surface area contributed by atoms with E-state index in [0.717, 1.165) is 50.9 Å². The van der Waals surface area contributed by atoms with Crippen LogP contribution in [0.1, 0.15) is 38.2 Å². The average molecular weight is 380 g/mol. The second-order valence-electron chi connectivity index (χ2n) is 7.41. The average Bonchev–Trinajstić information content (AvgIpc) is 3.35. The van der Waals surface area contributed by atoms with Crippen LogP contribution in [0.5, 0.6) is 0 Å². The van der Waals surface area contributed by atoms with Crippen LogP contribution in [-0.4, -0.2) is 31.1 Å². The molecule has 2 fully saturated rings. The summed E-state index contributed by atoms with van der Waals surface area (Å²) >= 11 is 0. The molecule has 0 spiro atoms. The Labute approximate surface area is 156 Å². The number of alkyl halides is 3. The van der Waals surface area contributed by atoms with Crippen molar-refractivity contribution in [2.24, 2.45) is 5.92 Å². The van der Waals surface area contributed by atoms with Crippen LogP contribution >= 0.6 is 0 Å². The van der Waals surface area contributed by atoms with E-state index < -0.39 is 23.2 Å². The zero-order chi connectivity index (χ0) is 19.7. The van der Waals surface area contributed by atoms with Gasteiger partial charge in [-0.25, -0.2) is 0 Å². The lowest BCUT2D eigenvalue weighted by Crippen LogP contribution is -2.48. The molecule has 1 saturated heterocycles. The summed E-state index contributed by atoms with van der Waals surface area (Å²) in [5, 5.41) is 14.9. The Bertz CT molecular complexity index is 748. The highest BCUT2D eigenvalue weighted by atomic mass is 19.4. The van der Waals surface area contributed by atoms with Gasteiger partial charge in [-0.2, -0.15) is 18.4 Å². The quantitative estimate of drug-likeness (QED) is 0.792. The molecule has 0 radical (unpaired) electrons. The van der Waals surface area contributed by atoms with Gasteiger partial charge in [0.1, 0.15) is 5.54 Å². The molecule has 1 atom stereocenters. The number of nitriles is 1. The van der Waals surface area contributed by atoms with Crippen molar-refractivity contribution in [1.29, 1.82) is 5.26 Å². The molecule has 1 amide bonds. The first-order chi connectivity index (χ1) is 12.7. The third-order valence-corrected chi connectivity index (χ3v) is 5.24. The normalized spacial score (nSPS) is 19.3. The van der Waals surface area contributed by atoms with Gasteiger partial charge in [0.25, 0.3) is 0 Å². The monoisotopic (exact) mass is 380 g/mol. The number of rotatable bonds is 6. The summed E-state index contributed by atoms with van der Waals surface area (Å²) in [6.45, 7) is 3.05. The van der Waals surface area contributed by atoms with Crippen LogP contribution in [-0.2, 0) is 11.0 Å². The number of anilines is 2. The summed E-state index contributed by atoms with van der Waals surface area (Å²) in [4.78, 5) is 14.3. The number of carbonyl (C=O) groups excluding carboxylic acids is 1. The molecule has 1 aromatic rings. The second kappa shape index (κ2) is 7.29. The van der Waals surface area contributed by atoms with Crippen LogP contribution in [0.4, 0.5) is 24.5 Å². The minimum atomic E-state index is -4.45. The van der Waals surface area contributed by atoms with Crippen molar-refractivity contribution in [2.75, 3.05) is 29.9 Å². The van der Waals surface area contributed by atoms with E-state index >= 15 is 0 Å². The van der Waals surface area contributed by atoms with Crippen LogP contribution in [0, 0.1) is 17.2 Å². The van der Waals surface area contributed by atoms with Crippen molar-refractivity contribution in [1.82, 2.24) is 5.32 Å². The number of halogens is 3. The van der Waals surface area contributed by atoms with Crippen molar-refractivity contribution < 1.29 is 18.0 Å². The van der Waals surface area contributed by atoms with E-state index in [1.165, 1.54) is 6.07 Å². The molecule has 1 heterocycles. The lowest BCUT2D eigenvalue weighted by molar-refractivity contribution is -0.137. The topological polar surface area (TPSA) is 68.2 Å². The van der Waals surface area contributed by atoms with Gasteiger partial charge in [0.15, 0.2) is 0 Å². The van der Waals surface area contributed by atoms with Crippen molar-refractivity contribution in [3.8, 4) is 6.07 Å². The molecule has 1 aliphatic carbocycles. The maximum atomic E-state index is 13.1. The fourth-order valence-corrected chi connectivity index (χ4v) is 3.48. The minimum Gasteiger partial charge on any atom is -0.374 e. The summed E-state index contributed by atoms with van der Waals surface area (Å²) in [5.41, 5.74) is -0.733. The Balaban J connectivity index is 1.73. The number of benzene rings is 1. The molecule has 2 aliphatic rings. The van der Waals surface area contributed by atoms with Crippen LogP contribution < -0.4 is 15.5 Å². The predicted molar refractivity (Wildman–Crippen MR) is 96.3 cm³/mol. The maximum absolute atomic E-state index is 13.1. The lowest BCUT2D eigenvalue weighted by atomic mass is 9.98. The van der Waals surface area contributed by atoms with Crippen molar-refractivity contribution in [3.63, 3.8) is 0 Å². The molecule has 1 aliphatic heterocycles. The number of carbonyl (C=O) groups is 1. The van der Waals surface area contributed by atoms with E-state index in [1.54, 1.807) is 6.92 Å². The van der Waals surface area contributed by atoms with E-state index in [4.69, 9.17) is 0 Å². The number of hydrogen-bond donors (Lipinski definition) is 2. The van der Waals surface area contributed by atoms with Crippen LogP contribution in [0.25, 0.3) is 0 Å². The van der Waals surface area contributed by atoms with Crippen molar-refractivity contribution in [2.45, 2.75) is 44.3 Å². The van der Waals surface area contributed by atoms with Gasteiger partial charge < -0.3 is 15.5 Å². The van der Waals surface area contributed by atoms with Crippen LogP contribution in [0.2, 0.25) is 0 Å². The third kappa shape index (κ3) is 4.46. The Morgan fingerprint density at radius 3 is 2.52 bits per heavy atom. The Morgan fingerprint density at radius 1 is 1.30 bits per heavy atom. The summed E-state index contributed by atoms with van der Waals surface area (Å²) in [6.07, 6.45) is -0.686. The number of amides is 1. The van der Waals surface area contributed by atoms with Gasteiger partial charge in [-0.15, -0.1) is 0 Å². The third-order valence-electron chi connectivity index (χ3n) is 5.24. The summed E-state index contributed by atoms with van der Waals surface area (Å²) in [6, 6.07) is 5.71. The molecule has 0 bridgehead atoms. The van der Waals surface area contributed by atoms with E-state index in [1.807, 2.05) is 4.90 Å². The van der Waals surface area contributed by atoms with Gasteiger partial charge in [0, 0.05) is 13.1 Å². The first kappa shape index (κ1) is 19.3. The molecule has 1 unspecified atom stereocenters. The molecule has 2 N–H and O–H groups in total.